The SMILES string of the molecule is CCCNCC1(Cc2c(F)ccc(Br)c2F)CCCOC1. The molecule has 2 rings (SSSR count). The van der Waals surface area contributed by atoms with Crippen molar-refractivity contribution >= 4 is 15.9 Å². The Morgan fingerprint density at radius 1 is 1.38 bits per heavy atom. The number of rotatable bonds is 6. The lowest BCUT2D eigenvalue weighted by molar-refractivity contribution is -0.00787. The molecule has 1 aliphatic heterocycles. The van der Waals surface area contributed by atoms with Crippen molar-refractivity contribution in [2.45, 2.75) is 32.6 Å². The lowest BCUT2D eigenvalue weighted by Gasteiger charge is -2.37. The Labute approximate surface area is 133 Å². The van der Waals surface area contributed by atoms with Crippen molar-refractivity contribution in [3.63, 3.8) is 0 Å². The van der Waals surface area contributed by atoms with Crippen LogP contribution in [0.4, 0.5) is 8.78 Å². The topological polar surface area (TPSA) is 21.3 Å². The van der Waals surface area contributed by atoms with Crippen molar-refractivity contribution in [1.82, 2.24) is 5.32 Å². The highest BCUT2D eigenvalue weighted by molar-refractivity contribution is 9.10. The third-order valence-electron chi connectivity index (χ3n) is 4.02. The van der Waals surface area contributed by atoms with Gasteiger partial charge in [-0.05, 0) is 60.3 Å². The molecule has 0 spiro atoms. The first-order valence-corrected chi connectivity index (χ1v) is 8.28. The van der Waals surface area contributed by atoms with E-state index in [2.05, 4.69) is 28.2 Å². The largest absolute Gasteiger partial charge is 0.381 e. The van der Waals surface area contributed by atoms with Crippen molar-refractivity contribution in [1.29, 1.82) is 0 Å². The quantitative estimate of drug-likeness (QED) is 0.609. The Kier molecular flexibility index (Phi) is 6.14. The zero-order valence-electron chi connectivity index (χ0n) is 12.4. The zero-order chi connectivity index (χ0) is 15.3. The summed E-state index contributed by atoms with van der Waals surface area (Å²) in [5.74, 6) is -0.966. The van der Waals surface area contributed by atoms with Gasteiger partial charge in [-0.2, -0.15) is 0 Å². The first-order chi connectivity index (χ1) is 10.1. The average Bonchev–Trinajstić information content (AvgIpc) is 2.49. The van der Waals surface area contributed by atoms with Gasteiger partial charge in [-0.1, -0.05) is 6.92 Å². The van der Waals surface area contributed by atoms with E-state index in [-0.39, 0.29) is 11.0 Å². The van der Waals surface area contributed by atoms with Crippen LogP contribution in [0.1, 0.15) is 31.7 Å². The van der Waals surface area contributed by atoms with Gasteiger partial charge in [-0.3, -0.25) is 0 Å². The molecule has 1 fully saturated rings. The zero-order valence-corrected chi connectivity index (χ0v) is 13.9. The van der Waals surface area contributed by atoms with E-state index in [1.54, 1.807) is 0 Å². The monoisotopic (exact) mass is 361 g/mol. The van der Waals surface area contributed by atoms with Gasteiger partial charge >= 0.3 is 0 Å². The molecular weight excluding hydrogens is 340 g/mol. The molecule has 0 bridgehead atoms. The highest BCUT2D eigenvalue weighted by Gasteiger charge is 2.35. The van der Waals surface area contributed by atoms with Crippen LogP contribution in [0, 0.1) is 17.0 Å². The van der Waals surface area contributed by atoms with Crippen LogP contribution in [0.3, 0.4) is 0 Å². The number of halogens is 3. The maximum atomic E-state index is 14.2. The molecule has 0 aromatic heterocycles. The van der Waals surface area contributed by atoms with Crippen LogP contribution in [-0.4, -0.2) is 26.3 Å². The summed E-state index contributed by atoms with van der Waals surface area (Å²) >= 11 is 3.14. The lowest BCUT2D eigenvalue weighted by Crippen LogP contribution is -2.43. The van der Waals surface area contributed by atoms with E-state index in [1.165, 1.54) is 12.1 Å². The second-order valence-electron chi connectivity index (χ2n) is 5.83. The van der Waals surface area contributed by atoms with Gasteiger partial charge in [-0.25, -0.2) is 8.78 Å². The standard InChI is InChI=1S/C16H22BrF2NO/c1-2-7-20-10-16(6-3-8-21-11-16)9-12-14(18)5-4-13(17)15(12)19/h4-5,20H,2-3,6-11H2,1H3. The van der Waals surface area contributed by atoms with Crippen LogP contribution in [-0.2, 0) is 11.2 Å². The molecule has 0 aliphatic carbocycles. The molecule has 0 saturated carbocycles. The van der Waals surface area contributed by atoms with E-state index in [1.807, 2.05) is 0 Å². The molecule has 5 heteroatoms. The molecule has 0 radical (unpaired) electrons. The second-order valence-corrected chi connectivity index (χ2v) is 6.69. The fourth-order valence-corrected chi connectivity index (χ4v) is 3.26. The average molecular weight is 362 g/mol. The summed E-state index contributed by atoms with van der Waals surface area (Å²) in [6, 6.07) is 2.73. The third-order valence-corrected chi connectivity index (χ3v) is 4.63. The van der Waals surface area contributed by atoms with Gasteiger partial charge in [0.15, 0.2) is 0 Å². The van der Waals surface area contributed by atoms with Crippen molar-refractivity contribution in [3.8, 4) is 0 Å². The van der Waals surface area contributed by atoms with Crippen LogP contribution in [0.15, 0.2) is 16.6 Å². The van der Waals surface area contributed by atoms with Crippen LogP contribution in [0.5, 0.6) is 0 Å². The minimum atomic E-state index is -0.490. The number of hydrogen-bond acceptors (Lipinski definition) is 2. The van der Waals surface area contributed by atoms with Gasteiger partial charge in [0.1, 0.15) is 11.6 Å². The molecule has 1 aliphatic rings. The molecule has 1 unspecified atom stereocenters. The van der Waals surface area contributed by atoms with E-state index in [4.69, 9.17) is 4.74 Å². The van der Waals surface area contributed by atoms with Crippen LogP contribution < -0.4 is 5.32 Å². The Morgan fingerprint density at radius 3 is 2.86 bits per heavy atom. The maximum Gasteiger partial charge on any atom is 0.143 e. The molecule has 1 aromatic carbocycles. The fourth-order valence-electron chi connectivity index (χ4n) is 2.89. The van der Waals surface area contributed by atoms with Gasteiger partial charge in [0.05, 0.1) is 11.1 Å². The highest BCUT2D eigenvalue weighted by Crippen LogP contribution is 2.35. The minimum Gasteiger partial charge on any atom is -0.381 e. The summed E-state index contributed by atoms with van der Waals surface area (Å²) in [6.45, 7) is 5.02. The van der Waals surface area contributed by atoms with E-state index in [9.17, 15) is 8.78 Å². The normalized spacial score (nSPS) is 22.5. The summed E-state index contributed by atoms with van der Waals surface area (Å²) in [5, 5.41) is 3.38. The summed E-state index contributed by atoms with van der Waals surface area (Å²) in [6.07, 6.45) is 3.26. The van der Waals surface area contributed by atoms with Gasteiger partial charge in [-0.15, -0.1) is 0 Å². The Balaban J connectivity index is 2.20. The highest BCUT2D eigenvalue weighted by atomic mass is 79.9. The van der Waals surface area contributed by atoms with E-state index >= 15 is 0 Å². The Hall–Kier alpha value is -0.520. The maximum absolute atomic E-state index is 14.2. The Bertz CT molecular complexity index is 476. The smallest absolute Gasteiger partial charge is 0.143 e. The van der Waals surface area contributed by atoms with Crippen molar-refractivity contribution in [3.05, 3.63) is 33.8 Å². The van der Waals surface area contributed by atoms with Crippen molar-refractivity contribution in [2.24, 2.45) is 5.41 Å². The van der Waals surface area contributed by atoms with E-state index in [0.717, 1.165) is 39.0 Å². The van der Waals surface area contributed by atoms with Crippen LogP contribution in [0.25, 0.3) is 0 Å². The fraction of sp³-hybridized carbons (Fsp3) is 0.625. The number of ether oxygens (including phenoxy) is 1. The third kappa shape index (κ3) is 4.24. The molecule has 21 heavy (non-hydrogen) atoms. The van der Waals surface area contributed by atoms with Crippen molar-refractivity contribution < 1.29 is 13.5 Å². The molecule has 118 valence electrons. The summed E-state index contributed by atoms with van der Waals surface area (Å²) in [4.78, 5) is 0. The number of hydrogen-bond donors (Lipinski definition) is 1. The van der Waals surface area contributed by atoms with Crippen molar-refractivity contribution in [2.75, 3.05) is 26.3 Å². The van der Waals surface area contributed by atoms with Crippen LogP contribution >= 0.6 is 15.9 Å². The first-order valence-electron chi connectivity index (χ1n) is 7.49. The molecular formula is C16H22BrF2NO. The van der Waals surface area contributed by atoms with Gasteiger partial charge in [0, 0.05) is 24.1 Å². The summed E-state index contributed by atoms with van der Waals surface area (Å²) in [5.41, 5.74) is -0.0660. The Morgan fingerprint density at radius 2 is 2.19 bits per heavy atom. The molecule has 2 nitrogen and oxygen atoms in total. The molecule has 1 N–H and O–H groups in total. The lowest BCUT2D eigenvalue weighted by atomic mass is 9.77. The van der Waals surface area contributed by atoms with Gasteiger partial charge < -0.3 is 10.1 Å². The molecule has 1 heterocycles. The van der Waals surface area contributed by atoms with Gasteiger partial charge in [0.2, 0.25) is 0 Å². The van der Waals surface area contributed by atoms with E-state index < -0.39 is 11.6 Å². The first kappa shape index (κ1) is 16.8. The second kappa shape index (κ2) is 7.65. The number of benzene rings is 1. The molecule has 1 atom stereocenters. The predicted octanol–water partition coefficient (Wildman–Crippen LogP) is 4.07. The molecule has 0 amide bonds. The summed E-state index contributed by atoms with van der Waals surface area (Å²) < 4.78 is 34.2. The number of nitrogens with one attached hydrogen (secondary N) is 1. The predicted molar refractivity (Wildman–Crippen MR) is 83.4 cm³/mol. The molecule has 1 aromatic rings. The summed E-state index contributed by atoms with van der Waals surface area (Å²) in [7, 11) is 0. The molecule has 1 saturated heterocycles. The minimum absolute atomic E-state index is 0.160. The van der Waals surface area contributed by atoms with E-state index in [0.29, 0.717) is 17.5 Å². The van der Waals surface area contributed by atoms with Crippen LogP contribution in [0.2, 0.25) is 0 Å². The van der Waals surface area contributed by atoms with Gasteiger partial charge in [0.25, 0.3) is 0 Å².